The molecule has 18 heavy (non-hydrogen) atoms. The fraction of sp³-hybridized carbons (Fsp3) is 0.692. The van der Waals surface area contributed by atoms with Crippen molar-refractivity contribution in [1.82, 2.24) is 15.3 Å². The van der Waals surface area contributed by atoms with E-state index in [-0.39, 0.29) is 12.1 Å². The van der Waals surface area contributed by atoms with Crippen LogP contribution >= 0.6 is 11.8 Å². The lowest BCUT2D eigenvalue weighted by atomic mass is 9.92. The van der Waals surface area contributed by atoms with Gasteiger partial charge in [0.05, 0.1) is 6.61 Å². The molecular weight excluding hydrogens is 246 g/mol. The summed E-state index contributed by atoms with van der Waals surface area (Å²) < 4.78 is 0. The third-order valence-corrected chi connectivity index (χ3v) is 4.26. The molecular formula is C13H23N3OS. The standard InChI is InChI=1S/C13H23N3OS/c1-4-13(10-17,14-3)6-5-7-18-12-15-8-11(2)9-16-12/h8-9,14,17H,4-7,10H2,1-3H3. The van der Waals surface area contributed by atoms with E-state index in [1.165, 1.54) is 0 Å². The normalized spacial score (nSPS) is 14.4. The van der Waals surface area contributed by atoms with Gasteiger partial charge in [0, 0.05) is 23.7 Å². The maximum atomic E-state index is 9.43. The second-order valence-corrected chi connectivity index (χ2v) is 5.60. The SMILES string of the molecule is CCC(CO)(CCCSc1ncc(C)cn1)NC. The van der Waals surface area contributed by atoms with Crippen molar-refractivity contribution in [3.8, 4) is 0 Å². The van der Waals surface area contributed by atoms with Crippen molar-refractivity contribution in [1.29, 1.82) is 0 Å². The predicted octanol–water partition coefficient (Wildman–Crippen LogP) is 2.02. The molecule has 0 spiro atoms. The Hall–Kier alpha value is -0.650. The van der Waals surface area contributed by atoms with Crippen LogP contribution in [-0.4, -0.2) is 40.0 Å². The highest BCUT2D eigenvalue weighted by Crippen LogP contribution is 2.20. The summed E-state index contributed by atoms with van der Waals surface area (Å²) in [7, 11) is 1.91. The zero-order valence-corrected chi connectivity index (χ0v) is 12.3. The quantitative estimate of drug-likeness (QED) is 0.429. The predicted molar refractivity (Wildman–Crippen MR) is 75.9 cm³/mol. The van der Waals surface area contributed by atoms with Crippen LogP contribution in [0.25, 0.3) is 0 Å². The minimum absolute atomic E-state index is 0.130. The van der Waals surface area contributed by atoms with Gasteiger partial charge in [-0.05, 0) is 38.8 Å². The first-order valence-corrected chi connectivity index (χ1v) is 7.35. The van der Waals surface area contributed by atoms with Crippen molar-refractivity contribution in [2.75, 3.05) is 19.4 Å². The van der Waals surface area contributed by atoms with E-state index >= 15 is 0 Å². The van der Waals surface area contributed by atoms with Gasteiger partial charge >= 0.3 is 0 Å². The molecule has 1 atom stereocenters. The number of aryl methyl sites for hydroxylation is 1. The zero-order chi connectivity index (χ0) is 13.4. The molecule has 0 aromatic carbocycles. The Morgan fingerprint density at radius 1 is 1.39 bits per heavy atom. The van der Waals surface area contributed by atoms with Crippen molar-refractivity contribution in [2.24, 2.45) is 0 Å². The lowest BCUT2D eigenvalue weighted by Crippen LogP contribution is -2.45. The number of hydrogen-bond donors (Lipinski definition) is 2. The number of aliphatic hydroxyl groups excluding tert-OH is 1. The molecule has 0 fully saturated rings. The Labute approximate surface area is 114 Å². The Balaban J connectivity index is 2.31. The van der Waals surface area contributed by atoms with Crippen LogP contribution in [0.1, 0.15) is 31.7 Å². The molecule has 5 heteroatoms. The molecule has 1 rings (SSSR count). The Morgan fingerprint density at radius 2 is 2.06 bits per heavy atom. The van der Waals surface area contributed by atoms with Crippen molar-refractivity contribution in [2.45, 2.75) is 43.8 Å². The lowest BCUT2D eigenvalue weighted by molar-refractivity contribution is 0.154. The van der Waals surface area contributed by atoms with E-state index in [2.05, 4.69) is 22.2 Å². The van der Waals surface area contributed by atoms with E-state index in [1.54, 1.807) is 11.8 Å². The molecule has 0 amide bonds. The number of hydrogen-bond acceptors (Lipinski definition) is 5. The highest BCUT2D eigenvalue weighted by Gasteiger charge is 2.24. The number of nitrogens with one attached hydrogen (secondary N) is 1. The summed E-state index contributed by atoms with van der Waals surface area (Å²) in [6, 6.07) is 0. The molecule has 0 saturated carbocycles. The van der Waals surface area contributed by atoms with E-state index in [0.717, 1.165) is 35.7 Å². The molecule has 1 aromatic rings. The van der Waals surface area contributed by atoms with Gasteiger partial charge in [0.15, 0.2) is 5.16 Å². The molecule has 0 aliphatic rings. The van der Waals surface area contributed by atoms with E-state index < -0.39 is 0 Å². The van der Waals surface area contributed by atoms with Gasteiger partial charge in [-0.3, -0.25) is 0 Å². The van der Waals surface area contributed by atoms with Crippen LogP contribution in [0.3, 0.4) is 0 Å². The third-order valence-electron chi connectivity index (χ3n) is 3.30. The van der Waals surface area contributed by atoms with Crippen LogP contribution in [0.5, 0.6) is 0 Å². The molecule has 1 unspecified atom stereocenters. The number of nitrogens with zero attached hydrogens (tertiary/aromatic N) is 2. The average molecular weight is 269 g/mol. The smallest absolute Gasteiger partial charge is 0.187 e. The monoisotopic (exact) mass is 269 g/mol. The first kappa shape index (κ1) is 15.4. The Bertz CT molecular complexity index is 330. The topological polar surface area (TPSA) is 58.0 Å². The Morgan fingerprint density at radius 3 is 2.56 bits per heavy atom. The van der Waals surface area contributed by atoms with Gasteiger partial charge in [0.1, 0.15) is 0 Å². The van der Waals surface area contributed by atoms with Crippen molar-refractivity contribution in [3.05, 3.63) is 18.0 Å². The fourth-order valence-corrected chi connectivity index (χ4v) is 2.50. The number of rotatable bonds is 8. The summed E-state index contributed by atoms with van der Waals surface area (Å²) in [5.41, 5.74) is 0.953. The summed E-state index contributed by atoms with van der Waals surface area (Å²) in [5, 5.41) is 13.5. The van der Waals surface area contributed by atoms with Crippen molar-refractivity contribution < 1.29 is 5.11 Å². The van der Waals surface area contributed by atoms with Gasteiger partial charge < -0.3 is 10.4 Å². The van der Waals surface area contributed by atoms with Crippen LogP contribution in [0.15, 0.2) is 17.6 Å². The van der Waals surface area contributed by atoms with Gasteiger partial charge in [0.2, 0.25) is 0 Å². The maximum absolute atomic E-state index is 9.43. The van der Waals surface area contributed by atoms with E-state index in [9.17, 15) is 5.11 Å². The first-order chi connectivity index (χ1) is 8.65. The zero-order valence-electron chi connectivity index (χ0n) is 11.4. The third kappa shape index (κ3) is 4.55. The van der Waals surface area contributed by atoms with Crippen LogP contribution in [0.2, 0.25) is 0 Å². The highest BCUT2D eigenvalue weighted by atomic mass is 32.2. The summed E-state index contributed by atoms with van der Waals surface area (Å²) in [6.45, 7) is 4.27. The number of aliphatic hydroxyl groups is 1. The molecule has 0 bridgehead atoms. The number of likely N-dealkylation sites (N-methyl/N-ethyl adjacent to an activating group) is 1. The summed E-state index contributed by atoms with van der Waals surface area (Å²) >= 11 is 1.67. The molecule has 2 N–H and O–H groups in total. The second kappa shape index (κ2) is 7.71. The van der Waals surface area contributed by atoms with Gasteiger partial charge in [-0.1, -0.05) is 18.7 Å². The maximum Gasteiger partial charge on any atom is 0.187 e. The fourth-order valence-electron chi connectivity index (χ4n) is 1.78. The van der Waals surface area contributed by atoms with Crippen LogP contribution < -0.4 is 5.32 Å². The van der Waals surface area contributed by atoms with Crippen LogP contribution in [0.4, 0.5) is 0 Å². The second-order valence-electron chi connectivity index (χ2n) is 4.54. The number of thioether (sulfide) groups is 1. The summed E-state index contributed by atoms with van der Waals surface area (Å²) in [5.74, 6) is 0.979. The molecule has 0 aliphatic carbocycles. The summed E-state index contributed by atoms with van der Waals surface area (Å²) in [6.07, 6.45) is 6.62. The van der Waals surface area contributed by atoms with Crippen LogP contribution in [0, 0.1) is 6.92 Å². The van der Waals surface area contributed by atoms with E-state index in [1.807, 2.05) is 26.4 Å². The lowest BCUT2D eigenvalue weighted by Gasteiger charge is -2.30. The minimum Gasteiger partial charge on any atom is -0.394 e. The molecule has 0 saturated heterocycles. The van der Waals surface area contributed by atoms with Gasteiger partial charge in [-0.25, -0.2) is 9.97 Å². The van der Waals surface area contributed by atoms with Gasteiger partial charge in [0.25, 0.3) is 0 Å². The van der Waals surface area contributed by atoms with Crippen LogP contribution in [-0.2, 0) is 0 Å². The minimum atomic E-state index is -0.130. The average Bonchev–Trinajstić information content (AvgIpc) is 2.42. The van der Waals surface area contributed by atoms with E-state index in [4.69, 9.17) is 0 Å². The molecule has 1 aromatic heterocycles. The van der Waals surface area contributed by atoms with Crippen molar-refractivity contribution in [3.63, 3.8) is 0 Å². The van der Waals surface area contributed by atoms with Gasteiger partial charge in [-0.2, -0.15) is 0 Å². The molecule has 0 aliphatic heterocycles. The van der Waals surface area contributed by atoms with E-state index in [0.29, 0.717) is 0 Å². The number of aromatic nitrogens is 2. The molecule has 102 valence electrons. The molecule has 1 heterocycles. The molecule has 0 radical (unpaired) electrons. The van der Waals surface area contributed by atoms with Crippen molar-refractivity contribution >= 4 is 11.8 Å². The van der Waals surface area contributed by atoms with Gasteiger partial charge in [-0.15, -0.1) is 0 Å². The Kier molecular flexibility index (Phi) is 6.60. The first-order valence-electron chi connectivity index (χ1n) is 6.37. The summed E-state index contributed by atoms with van der Waals surface area (Å²) in [4.78, 5) is 8.52. The molecule has 4 nitrogen and oxygen atoms in total. The highest BCUT2D eigenvalue weighted by molar-refractivity contribution is 7.99. The largest absolute Gasteiger partial charge is 0.394 e.